The molecule has 1 rings (SSSR count). The van der Waals surface area contributed by atoms with Gasteiger partial charge < -0.3 is 0 Å². The normalized spacial score (nSPS) is 14.6. The van der Waals surface area contributed by atoms with E-state index in [1.54, 1.807) is 24.3 Å². The Bertz CT molecular complexity index is 561. The zero-order valence-electron chi connectivity index (χ0n) is 11.3. The summed E-state index contributed by atoms with van der Waals surface area (Å²) in [6.45, 7) is 4.55. The molecule has 0 amide bonds. The van der Waals surface area contributed by atoms with Gasteiger partial charge in [0.05, 0.1) is 11.0 Å². The summed E-state index contributed by atoms with van der Waals surface area (Å²) >= 11 is 1.53. The van der Waals surface area contributed by atoms with E-state index in [0.717, 1.165) is 11.4 Å². The number of hydrogen-bond donors (Lipinski definition) is 1. The lowest BCUT2D eigenvalue weighted by Gasteiger charge is -2.21. The smallest absolute Gasteiger partial charge is 0.175 e. The molecule has 0 spiro atoms. The molecular weight excluding hydrogens is 280 g/mol. The second-order valence-electron chi connectivity index (χ2n) is 4.51. The van der Waals surface area contributed by atoms with Crippen LogP contribution in [0.4, 0.5) is 0 Å². The van der Waals surface area contributed by atoms with Crippen LogP contribution in [0.15, 0.2) is 34.1 Å². The van der Waals surface area contributed by atoms with Gasteiger partial charge in [0.15, 0.2) is 9.84 Å². The molecule has 1 aromatic carbocycles. The molecular formula is C13H18N2O2S2. The van der Waals surface area contributed by atoms with E-state index in [2.05, 4.69) is 11.4 Å². The summed E-state index contributed by atoms with van der Waals surface area (Å²) in [4.78, 5) is 1.26. The summed E-state index contributed by atoms with van der Waals surface area (Å²) < 4.78 is 22.7. The third-order valence-corrected chi connectivity index (χ3v) is 5.05. The predicted molar refractivity (Wildman–Crippen MR) is 78.0 cm³/mol. The van der Waals surface area contributed by atoms with E-state index < -0.39 is 15.4 Å². The first-order valence-corrected chi connectivity index (χ1v) is 8.77. The Labute approximate surface area is 119 Å². The molecule has 0 heterocycles. The molecule has 4 nitrogen and oxygen atoms in total. The highest BCUT2D eigenvalue weighted by molar-refractivity contribution is 7.99. The fourth-order valence-corrected chi connectivity index (χ4v) is 3.10. The molecule has 6 heteroatoms. The van der Waals surface area contributed by atoms with Crippen molar-refractivity contribution in [2.24, 2.45) is 0 Å². The predicted octanol–water partition coefficient (Wildman–Crippen LogP) is 2.07. The molecule has 0 saturated heterocycles. The number of thioether (sulfide) groups is 1. The number of hydrogen-bond acceptors (Lipinski definition) is 5. The highest BCUT2D eigenvalue weighted by atomic mass is 32.2. The zero-order valence-corrected chi connectivity index (χ0v) is 12.9. The quantitative estimate of drug-likeness (QED) is 0.814. The minimum Gasteiger partial charge on any atom is -0.299 e. The van der Waals surface area contributed by atoms with E-state index >= 15 is 0 Å². The molecule has 0 radical (unpaired) electrons. The van der Waals surface area contributed by atoms with E-state index in [9.17, 15) is 8.42 Å². The van der Waals surface area contributed by atoms with Gasteiger partial charge in [-0.3, -0.25) is 5.32 Å². The molecule has 1 N–H and O–H groups in total. The molecule has 1 unspecified atom stereocenters. The van der Waals surface area contributed by atoms with Crippen molar-refractivity contribution in [3.8, 4) is 6.07 Å². The van der Waals surface area contributed by atoms with E-state index in [0.29, 0.717) is 10.6 Å². The largest absolute Gasteiger partial charge is 0.299 e. The van der Waals surface area contributed by atoms with Crippen molar-refractivity contribution in [3.05, 3.63) is 24.3 Å². The highest BCUT2D eigenvalue weighted by Gasteiger charge is 2.22. The number of benzene rings is 1. The van der Waals surface area contributed by atoms with E-state index in [4.69, 9.17) is 5.26 Å². The van der Waals surface area contributed by atoms with Crippen LogP contribution in [-0.2, 0) is 9.84 Å². The Hall–Kier alpha value is -1.03. The molecule has 0 aromatic heterocycles. The van der Waals surface area contributed by atoms with Crippen molar-refractivity contribution in [1.29, 1.82) is 5.26 Å². The van der Waals surface area contributed by atoms with Gasteiger partial charge in [-0.25, -0.2) is 8.42 Å². The van der Waals surface area contributed by atoms with Crippen molar-refractivity contribution < 1.29 is 8.42 Å². The Morgan fingerprint density at radius 2 is 1.95 bits per heavy atom. The Kier molecular flexibility index (Phi) is 5.41. The van der Waals surface area contributed by atoms with E-state index in [1.165, 1.54) is 18.0 Å². The van der Waals surface area contributed by atoms with Gasteiger partial charge in [0.1, 0.15) is 5.54 Å². The van der Waals surface area contributed by atoms with Crippen LogP contribution < -0.4 is 5.32 Å². The topological polar surface area (TPSA) is 70.0 Å². The van der Waals surface area contributed by atoms with Crippen molar-refractivity contribution >= 4 is 21.6 Å². The number of nitrogens with zero attached hydrogens (tertiary/aromatic N) is 1. The third kappa shape index (κ3) is 4.86. The van der Waals surface area contributed by atoms with Gasteiger partial charge in [-0.05, 0) is 37.7 Å². The molecule has 0 aliphatic carbocycles. The zero-order chi connectivity index (χ0) is 14.5. The molecule has 104 valence electrons. The third-order valence-electron chi connectivity index (χ3n) is 2.59. The second-order valence-corrected chi connectivity index (χ2v) is 7.57. The summed E-state index contributed by atoms with van der Waals surface area (Å²) in [5.41, 5.74) is -0.574. The van der Waals surface area contributed by atoms with Crippen molar-refractivity contribution in [1.82, 2.24) is 5.32 Å². The van der Waals surface area contributed by atoms with Crippen LogP contribution in [0.2, 0.25) is 0 Å². The molecule has 0 bridgehead atoms. The summed E-state index contributed by atoms with van der Waals surface area (Å²) in [5, 5.41) is 12.3. The van der Waals surface area contributed by atoms with Crippen molar-refractivity contribution in [2.75, 3.05) is 18.6 Å². The fraction of sp³-hybridized carbons (Fsp3) is 0.462. The first-order chi connectivity index (χ1) is 8.80. The standard InChI is InChI=1S/C13H18N2O2S2/c1-4-15-13(2,9-14)10-18-11-5-7-12(8-6-11)19(3,16)17/h5-8,15H,4,10H2,1-3H3. The maximum atomic E-state index is 11.3. The molecule has 0 saturated carbocycles. The lowest BCUT2D eigenvalue weighted by molar-refractivity contribution is 0.511. The van der Waals surface area contributed by atoms with Gasteiger partial charge in [0.2, 0.25) is 0 Å². The number of nitriles is 1. The highest BCUT2D eigenvalue weighted by Crippen LogP contribution is 2.23. The molecule has 1 atom stereocenters. The monoisotopic (exact) mass is 298 g/mol. The number of rotatable bonds is 6. The van der Waals surface area contributed by atoms with Gasteiger partial charge in [-0.1, -0.05) is 6.92 Å². The fourth-order valence-electron chi connectivity index (χ4n) is 1.52. The van der Waals surface area contributed by atoms with Gasteiger partial charge in [0, 0.05) is 16.9 Å². The maximum Gasteiger partial charge on any atom is 0.175 e. The maximum absolute atomic E-state index is 11.3. The van der Waals surface area contributed by atoms with E-state index in [1.807, 2.05) is 13.8 Å². The van der Waals surface area contributed by atoms with Gasteiger partial charge in [-0.15, -0.1) is 11.8 Å². The van der Waals surface area contributed by atoms with Crippen LogP contribution in [0.5, 0.6) is 0 Å². The first kappa shape index (κ1) is 16.0. The summed E-state index contributed by atoms with van der Waals surface area (Å²) in [6.07, 6.45) is 1.19. The van der Waals surface area contributed by atoms with Gasteiger partial charge >= 0.3 is 0 Å². The minimum absolute atomic E-state index is 0.312. The summed E-state index contributed by atoms with van der Waals surface area (Å²) in [5.74, 6) is 0.607. The molecule has 19 heavy (non-hydrogen) atoms. The first-order valence-electron chi connectivity index (χ1n) is 5.90. The lowest BCUT2D eigenvalue weighted by atomic mass is 10.1. The lowest BCUT2D eigenvalue weighted by Crippen LogP contribution is -2.43. The Morgan fingerprint density at radius 3 is 2.37 bits per heavy atom. The van der Waals surface area contributed by atoms with Gasteiger partial charge in [-0.2, -0.15) is 5.26 Å². The molecule has 1 aromatic rings. The van der Waals surface area contributed by atoms with Crippen LogP contribution in [0.1, 0.15) is 13.8 Å². The summed E-state index contributed by atoms with van der Waals surface area (Å²) in [7, 11) is -3.15. The van der Waals surface area contributed by atoms with Crippen LogP contribution >= 0.6 is 11.8 Å². The van der Waals surface area contributed by atoms with Crippen molar-refractivity contribution in [2.45, 2.75) is 29.2 Å². The average molecular weight is 298 g/mol. The van der Waals surface area contributed by atoms with Crippen LogP contribution in [0, 0.1) is 11.3 Å². The molecule has 0 aliphatic heterocycles. The SMILES string of the molecule is CCNC(C)(C#N)CSc1ccc(S(C)(=O)=O)cc1. The summed E-state index contributed by atoms with van der Waals surface area (Å²) in [6, 6.07) is 8.98. The second kappa shape index (κ2) is 6.42. The van der Waals surface area contributed by atoms with Crippen LogP contribution in [0.3, 0.4) is 0 Å². The average Bonchev–Trinajstić information content (AvgIpc) is 2.36. The molecule has 0 aliphatic rings. The van der Waals surface area contributed by atoms with Gasteiger partial charge in [0.25, 0.3) is 0 Å². The molecule has 0 fully saturated rings. The van der Waals surface area contributed by atoms with Crippen LogP contribution in [-0.4, -0.2) is 32.5 Å². The van der Waals surface area contributed by atoms with Crippen molar-refractivity contribution in [3.63, 3.8) is 0 Å². The Morgan fingerprint density at radius 1 is 1.37 bits per heavy atom. The minimum atomic E-state index is -3.15. The number of sulfone groups is 1. The van der Waals surface area contributed by atoms with Crippen LogP contribution in [0.25, 0.3) is 0 Å². The van der Waals surface area contributed by atoms with E-state index in [-0.39, 0.29) is 0 Å². The number of nitrogens with one attached hydrogen (secondary N) is 1. The Balaban J connectivity index is 2.72.